The molecule has 820 valence electrons. The number of aromatic hydroxyl groups is 1. The van der Waals surface area contributed by atoms with E-state index in [1.807, 2.05) is 13.8 Å². The number of benzene rings is 3. The molecule has 48 nitrogen and oxygen atoms in total. The van der Waals surface area contributed by atoms with Gasteiger partial charge in [-0.25, -0.2) is 4.79 Å². The van der Waals surface area contributed by atoms with Gasteiger partial charge in [-0.1, -0.05) is 124 Å². The first kappa shape index (κ1) is 121. The molecule has 50 heteroatoms. The highest BCUT2D eigenvalue weighted by molar-refractivity contribution is 8.76. The van der Waals surface area contributed by atoms with E-state index >= 15 is 47.9 Å². The van der Waals surface area contributed by atoms with Gasteiger partial charge >= 0.3 is 5.97 Å². The number of nitrogens with one attached hydrogen (secondary N) is 19. The van der Waals surface area contributed by atoms with Crippen LogP contribution in [0.2, 0.25) is 0 Å². The molecule has 17 amide bonds. The maximum Gasteiger partial charge on any atom is 0.326 e. The molecule has 149 heavy (non-hydrogen) atoms. The maximum atomic E-state index is 15.8. The van der Waals surface area contributed by atoms with Gasteiger partial charge in [-0.05, 0) is 189 Å². The fourth-order valence-electron chi connectivity index (χ4n) is 18.0. The van der Waals surface area contributed by atoms with E-state index in [0.717, 1.165) is 28.5 Å². The zero-order valence-corrected chi connectivity index (χ0v) is 87.3. The van der Waals surface area contributed by atoms with E-state index < -0.39 is 257 Å². The van der Waals surface area contributed by atoms with Crippen LogP contribution in [0.4, 0.5) is 0 Å². The van der Waals surface area contributed by atoms with Gasteiger partial charge in [0.05, 0.1) is 18.7 Å². The molecule has 0 aliphatic carbocycles. The number of carboxylic acids is 1. The second-order valence-corrected chi connectivity index (χ2v) is 41.7. The molecular weight excluding hydrogens is 1970 g/mol. The summed E-state index contributed by atoms with van der Waals surface area (Å²) in [5.74, 6) is -20.2. The Morgan fingerprint density at radius 2 is 1.01 bits per heavy atom. The molecule has 3 aromatic carbocycles. The Labute approximate surface area is 873 Å². The average Bonchev–Trinajstić information content (AvgIpc) is 1.66. The molecule has 0 spiro atoms. The second-order valence-electron chi connectivity index (χ2n) is 39.1. The number of nitrogens with two attached hydrogens (primary N) is 5. The number of aliphatic carboxylic acids is 1. The van der Waals surface area contributed by atoms with Crippen LogP contribution >= 0.6 is 21.6 Å². The van der Waals surface area contributed by atoms with Crippen LogP contribution in [0, 0.1) is 28.6 Å². The lowest BCUT2D eigenvalue weighted by atomic mass is 10.00. The molecule has 1 aromatic heterocycles. The van der Waals surface area contributed by atoms with E-state index in [4.69, 9.17) is 39.5 Å². The van der Waals surface area contributed by atoms with Crippen LogP contribution in [0.25, 0.3) is 10.9 Å². The summed E-state index contributed by atoms with van der Waals surface area (Å²) in [6.07, 6.45) is 0.960. The lowest BCUT2D eigenvalue weighted by Gasteiger charge is -2.34. The molecule has 18 atom stereocenters. The van der Waals surface area contributed by atoms with Crippen LogP contribution in [0.3, 0.4) is 0 Å². The number of amides is 17. The molecular formula is C99H151N27O21S2. The predicted molar refractivity (Wildman–Crippen MR) is 557 cm³/mol. The van der Waals surface area contributed by atoms with Crippen molar-refractivity contribution < 1.29 is 102 Å². The topological polar surface area (TPSA) is 764 Å². The quantitative estimate of drug-likeness (QED) is 0.00892. The number of unbranched alkanes of at least 4 members (excludes halogenated alkanes) is 2. The van der Waals surface area contributed by atoms with Gasteiger partial charge in [-0.2, -0.15) is 0 Å². The van der Waals surface area contributed by atoms with E-state index in [1.54, 1.807) is 88.5 Å². The molecule has 0 saturated carbocycles. The first-order valence-electron chi connectivity index (χ1n) is 50.9. The Kier molecular flexibility index (Phi) is 48.8. The van der Waals surface area contributed by atoms with Crippen molar-refractivity contribution in [2.45, 2.75) is 293 Å². The fraction of sp³-hybridized carbons (Fsp3) is 0.596. The fourth-order valence-corrected chi connectivity index (χ4v) is 20.3. The van der Waals surface area contributed by atoms with E-state index in [2.05, 4.69) is 90.1 Å². The van der Waals surface area contributed by atoms with Gasteiger partial charge in [-0.3, -0.25) is 92.3 Å². The largest absolute Gasteiger partial charge is 0.508 e. The zero-order valence-electron chi connectivity index (χ0n) is 85.7. The van der Waals surface area contributed by atoms with Crippen molar-refractivity contribution in [3.63, 3.8) is 0 Å². The smallest absolute Gasteiger partial charge is 0.326 e. The SMILES string of the molecule is CC(C)C[C@H](N)C(=O)N[C@H](C(=O)N[C@@H](CCCNC(=N)N)C(=O)NCC(=O)N[C@H]1CSSC[C@@H](C(=O)N[C@@H](Cc2ccccc2)C(=O)N[C@H](C(=O)N[C@@H](CCCNC(=N)N)C(=O)O)C(C)C)NC(=O)[C@@H]2CCCN2C(=O)[C@H](CCCCN)NC(=O)[C@@H]2CCCN2C(=O)[C@@H]2CCCN2C(=O)[C@H](Cc2ccc(O)cc2)NC(=O)[C@H](C)NC(=O)[C@H](CCCCN)NC(=O)[C@H]([C@@H](C)O)NC(=O)[C@H](Cc2c[nH]c3ccccc23)NC1=O)C(C)C. The first-order chi connectivity index (χ1) is 70.9. The number of phenolic OH excluding ortho intramolecular Hbond substituents is 1. The van der Waals surface area contributed by atoms with Gasteiger partial charge in [0.2, 0.25) is 100 Å². The number of aliphatic hydroxyl groups excluding tert-OH is 1. The van der Waals surface area contributed by atoms with Crippen molar-refractivity contribution in [1.82, 2.24) is 105 Å². The van der Waals surface area contributed by atoms with Crippen molar-refractivity contribution in [3.05, 3.63) is 102 Å². The maximum absolute atomic E-state index is 15.8. The highest BCUT2D eigenvalue weighted by atomic mass is 33.1. The third-order valence-corrected chi connectivity index (χ3v) is 28.5. The van der Waals surface area contributed by atoms with Crippen LogP contribution in [-0.4, -0.2) is 326 Å². The lowest BCUT2D eigenvalue weighted by Crippen LogP contribution is -2.62. The third kappa shape index (κ3) is 37.7. The Hall–Kier alpha value is -13.5. The van der Waals surface area contributed by atoms with Gasteiger partial charge in [0.1, 0.15) is 102 Å². The number of aromatic amines is 1. The van der Waals surface area contributed by atoms with E-state index in [0.29, 0.717) is 53.3 Å². The minimum absolute atomic E-state index is 0.00167. The number of H-pyrrole nitrogens is 1. The van der Waals surface area contributed by atoms with Gasteiger partial charge in [0, 0.05) is 80.6 Å². The molecule has 0 radical (unpaired) electrons. The molecule has 0 unspecified atom stereocenters. The molecule has 0 bridgehead atoms. The highest BCUT2D eigenvalue weighted by Gasteiger charge is 2.48. The molecule has 5 heterocycles. The summed E-state index contributed by atoms with van der Waals surface area (Å²) >= 11 is 0. The normalized spacial score (nSPS) is 22.4. The number of carbonyl (C=O) groups excluding carboxylic acids is 17. The summed E-state index contributed by atoms with van der Waals surface area (Å²) in [6, 6.07) is -4.43. The predicted octanol–water partition coefficient (Wildman–Crippen LogP) is -3.36. The Morgan fingerprint density at radius 3 is 1.60 bits per heavy atom. The summed E-state index contributed by atoms with van der Waals surface area (Å²) in [5.41, 5.74) is 31.1. The summed E-state index contributed by atoms with van der Waals surface area (Å²) in [5, 5.41) is 90.6. The molecule has 4 aliphatic heterocycles. The molecule has 4 aliphatic rings. The number of nitrogens with zero attached hydrogens (tertiary/aromatic N) is 3. The number of hydrogen-bond acceptors (Lipinski definition) is 27. The summed E-state index contributed by atoms with van der Waals surface area (Å²) < 4.78 is 0. The number of rotatable bonds is 42. The van der Waals surface area contributed by atoms with Crippen molar-refractivity contribution in [1.29, 1.82) is 10.8 Å². The number of aliphatic hydroxyl groups is 1. The van der Waals surface area contributed by atoms with Crippen LogP contribution in [0.5, 0.6) is 5.75 Å². The number of guanidine groups is 2. The minimum Gasteiger partial charge on any atom is -0.508 e. The van der Waals surface area contributed by atoms with Gasteiger partial charge in [-0.15, -0.1) is 0 Å². The molecule has 4 saturated heterocycles. The zero-order chi connectivity index (χ0) is 109. The highest BCUT2D eigenvalue weighted by Crippen LogP contribution is 2.31. The van der Waals surface area contributed by atoms with E-state index in [-0.39, 0.29) is 160 Å². The number of phenols is 1. The third-order valence-electron chi connectivity index (χ3n) is 26.1. The van der Waals surface area contributed by atoms with Crippen LogP contribution in [0.1, 0.15) is 181 Å². The summed E-state index contributed by atoms with van der Waals surface area (Å²) in [6.45, 7) is 12.0. The lowest BCUT2D eigenvalue weighted by molar-refractivity contribution is -0.148. The Balaban J connectivity index is 1.24. The van der Waals surface area contributed by atoms with Crippen LogP contribution in [0.15, 0.2) is 85.1 Å². The van der Waals surface area contributed by atoms with Crippen molar-refractivity contribution >= 4 is 151 Å². The van der Waals surface area contributed by atoms with Crippen molar-refractivity contribution in [3.8, 4) is 5.75 Å². The Bertz CT molecular complexity index is 5270. The number of hydrogen-bond donors (Lipinski definition) is 27. The first-order valence-corrected chi connectivity index (χ1v) is 53.3. The van der Waals surface area contributed by atoms with Crippen LogP contribution < -0.4 is 114 Å². The number of carboxylic acid groups (broad SMARTS) is 1. The number of carbonyl (C=O) groups is 18. The van der Waals surface area contributed by atoms with Crippen molar-refractivity contribution in [2.24, 2.45) is 46.4 Å². The standard InChI is InChI=1S/C99H151N27O21S2/c1-53(2)45-63(102)82(131)121-78(54(3)4)91(140)113-65(29-18-40-107-98(103)104)83(132)110-50-77(129)112-72-51-148-149-52-73(88(137)117-69(46-58-23-10-9-11-24-58)85(134)122-79(55(5)6)92(141)116-68(97(146)147)30-19-41-108-99(105)106)120-90(139)74-31-20-42-124(74)94(143)67(28-15-17-39-101)115-89(138)75-32-21-43-125(75)96(145)76-33-22-44-126(76)95(144)71(47-59-34-36-61(128)37-35-59)119-81(130)56(7)111-84(133)66(27-14-16-38-100)114-93(142)80(57(8)127)123-86(135)70(118-87(72)136)48-60-49-109-64-26-13-12-25-62(60)64/h9-13,23-26,34-37,49,53-57,63,65-76,78-80,109,127-128H,14-22,27-33,38-48,50-52,100-102H2,1-8H3,(H,110,132)(H,111,133)(H,112,129)(H,113,140)(H,114,142)(H,115,138)(H,116,141)(H,117,137)(H,118,136)(H,119,130)(H,120,139)(H,121,131)(H,122,134)(H,123,135)(H,146,147)(H4,103,104,107)(H4,105,106,108)/t56-,57+,63-,65-,66-,67-,68-,69-,70-,71-,72-,73-,74-,75-,76-,78-,79-,80-/m0/s1. The van der Waals surface area contributed by atoms with Crippen LogP contribution in [-0.2, 0) is 106 Å². The molecule has 8 rings (SSSR count). The van der Waals surface area contributed by atoms with Gasteiger partial charge in [0.25, 0.3) is 0 Å². The number of aromatic nitrogens is 1. The minimum atomic E-state index is -1.96. The monoisotopic (exact) mass is 2120 g/mol. The number of para-hydroxylation sites is 1. The van der Waals surface area contributed by atoms with Gasteiger partial charge in [0.15, 0.2) is 11.9 Å². The van der Waals surface area contributed by atoms with E-state index in [1.165, 1.54) is 45.9 Å². The summed E-state index contributed by atoms with van der Waals surface area (Å²) in [4.78, 5) is 275. The molecule has 4 aromatic rings. The summed E-state index contributed by atoms with van der Waals surface area (Å²) in [7, 11) is 1.60. The number of fused-ring (bicyclic) bond motifs is 4. The van der Waals surface area contributed by atoms with E-state index in [9.17, 15) is 53.7 Å². The Morgan fingerprint density at radius 1 is 0.497 bits per heavy atom. The molecule has 4 fully saturated rings. The average molecular weight is 2120 g/mol. The molecule has 32 N–H and O–H groups in total. The second kappa shape index (κ2) is 60.3. The van der Waals surface area contributed by atoms with Gasteiger partial charge < -0.3 is 149 Å². The van der Waals surface area contributed by atoms with Crippen molar-refractivity contribution in [2.75, 3.05) is 63.9 Å².